The second kappa shape index (κ2) is 5.01. The summed E-state index contributed by atoms with van der Waals surface area (Å²) in [4.78, 5) is 12.5. The van der Waals surface area contributed by atoms with Crippen molar-refractivity contribution in [3.63, 3.8) is 0 Å². The van der Waals surface area contributed by atoms with E-state index < -0.39 is 0 Å². The molecule has 0 atom stereocenters. The van der Waals surface area contributed by atoms with Gasteiger partial charge in [0, 0.05) is 24.4 Å². The molecule has 0 aliphatic rings. The number of hydrogen-bond donors (Lipinski definition) is 1. The lowest BCUT2D eigenvalue weighted by atomic mass is 10.1. The SMILES string of the molecule is COc1ccc(C(=O)c2c(OC)cnn2C)c(N)c1. The van der Waals surface area contributed by atoms with Crippen LogP contribution < -0.4 is 15.2 Å². The van der Waals surface area contributed by atoms with E-state index in [0.29, 0.717) is 28.4 Å². The van der Waals surface area contributed by atoms with Gasteiger partial charge in [-0.15, -0.1) is 0 Å². The number of rotatable bonds is 4. The monoisotopic (exact) mass is 261 g/mol. The van der Waals surface area contributed by atoms with Crippen molar-refractivity contribution >= 4 is 11.5 Å². The van der Waals surface area contributed by atoms with Gasteiger partial charge in [-0.25, -0.2) is 0 Å². The average Bonchev–Trinajstić information content (AvgIpc) is 2.78. The van der Waals surface area contributed by atoms with Crippen LogP contribution >= 0.6 is 0 Å². The van der Waals surface area contributed by atoms with Crippen LogP contribution in [-0.4, -0.2) is 29.8 Å². The van der Waals surface area contributed by atoms with Crippen molar-refractivity contribution in [2.24, 2.45) is 7.05 Å². The average molecular weight is 261 g/mol. The van der Waals surface area contributed by atoms with Gasteiger partial charge in [-0.05, 0) is 12.1 Å². The smallest absolute Gasteiger partial charge is 0.216 e. The number of methoxy groups -OCH3 is 2. The molecule has 0 aliphatic heterocycles. The summed E-state index contributed by atoms with van der Waals surface area (Å²) in [6, 6.07) is 4.92. The third kappa shape index (κ3) is 2.24. The largest absolute Gasteiger partial charge is 0.497 e. The number of aryl methyl sites for hydroxylation is 1. The van der Waals surface area contributed by atoms with Gasteiger partial charge in [-0.3, -0.25) is 9.48 Å². The van der Waals surface area contributed by atoms with Gasteiger partial charge >= 0.3 is 0 Å². The predicted molar refractivity (Wildman–Crippen MR) is 70.6 cm³/mol. The van der Waals surface area contributed by atoms with E-state index in [1.165, 1.54) is 18.0 Å². The molecular weight excluding hydrogens is 246 g/mol. The highest BCUT2D eigenvalue weighted by molar-refractivity contribution is 6.12. The number of nitrogens with zero attached hydrogens (tertiary/aromatic N) is 2. The molecule has 100 valence electrons. The molecule has 0 aliphatic carbocycles. The van der Waals surface area contributed by atoms with Gasteiger partial charge in [0.05, 0.1) is 20.4 Å². The summed E-state index contributed by atoms with van der Waals surface area (Å²) in [5, 5.41) is 4.00. The van der Waals surface area contributed by atoms with Crippen LogP contribution in [0.1, 0.15) is 16.1 Å². The first-order valence-corrected chi connectivity index (χ1v) is 5.62. The van der Waals surface area contributed by atoms with Crippen LogP contribution in [0, 0.1) is 0 Å². The Bertz CT molecular complexity index is 620. The van der Waals surface area contributed by atoms with E-state index in [-0.39, 0.29) is 5.78 Å². The standard InChI is InChI=1S/C13H15N3O3/c1-16-12(11(19-3)7-15-16)13(17)9-5-4-8(18-2)6-10(9)14/h4-7H,14H2,1-3H3. The molecule has 2 N–H and O–H groups in total. The number of ether oxygens (including phenoxy) is 2. The fourth-order valence-electron chi connectivity index (χ4n) is 1.83. The van der Waals surface area contributed by atoms with Crippen LogP contribution in [0.3, 0.4) is 0 Å². The molecule has 0 spiro atoms. The number of benzene rings is 1. The molecule has 6 heteroatoms. The van der Waals surface area contributed by atoms with Gasteiger partial charge in [0.1, 0.15) is 5.75 Å². The Labute approximate surface area is 110 Å². The van der Waals surface area contributed by atoms with E-state index in [1.54, 1.807) is 32.4 Å². The van der Waals surface area contributed by atoms with Crippen LogP contribution in [0.2, 0.25) is 0 Å². The van der Waals surface area contributed by atoms with E-state index >= 15 is 0 Å². The van der Waals surface area contributed by atoms with Crippen molar-refractivity contribution in [1.29, 1.82) is 0 Å². The number of aromatic nitrogens is 2. The first-order chi connectivity index (χ1) is 9.08. The summed E-state index contributed by atoms with van der Waals surface area (Å²) in [5.74, 6) is 0.783. The van der Waals surface area contributed by atoms with Crippen LogP contribution in [-0.2, 0) is 7.05 Å². The molecule has 0 unspecified atom stereocenters. The molecule has 1 heterocycles. The van der Waals surface area contributed by atoms with Gasteiger partial charge in [0.2, 0.25) is 5.78 Å². The zero-order chi connectivity index (χ0) is 14.0. The first-order valence-electron chi connectivity index (χ1n) is 5.62. The van der Waals surface area contributed by atoms with Crippen molar-refractivity contribution in [1.82, 2.24) is 9.78 Å². The third-order valence-corrected chi connectivity index (χ3v) is 2.84. The summed E-state index contributed by atoms with van der Waals surface area (Å²) in [5.41, 5.74) is 6.98. The van der Waals surface area contributed by atoms with Gasteiger partial charge in [-0.1, -0.05) is 0 Å². The topological polar surface area (TPSA) is 79.4 Å². The lowest BCUT2D eigenvalue weighted by molar-refractivity contribution is 0.102. The Balaban J connectivity index is 2.47. The Hall–Kier alpha value is -2.50. The van der Waals surface area contributed by atoms with Crippen molar-refractivity contribution in [2.45, 2.75) is 0 Å². The highest BCUT2D eigenvalue weighted by Crippen LogP contribution is 2.25. The maximum absolute atomic E-state index is 12.5. The number of carbonyl (C=O) groups excluding carboxylic acids is 1. The molecule has 0 amide bonds. The maximum atomic E-state index is 12.5. The molecule has 6 nitrogen and oxygen atoms in total. The minimum Gasteiger partial charge on any atom is -0.497 e. The summed E-state index contributed by atoms with van der Waals surface area (Å²) >= 11 is 0. The quantitative estimate of drug-likeness (QED) is 0.662. The zero-order valence-electron chi connectivity index (χ0n) is 11.0. The van der Waals surface area contributed by atoms with Gasteiger partial charge in [0.15, 0.2) is 11.4 Å². The van der Waals surface area contributed by atoms with Crippen molar-refractivity contribution in [3.8, 4) is 11.5 Å². The van der Waals surface area contributed by atoms with Crippen molar-refractivity contribution in [2.75, 3.05) is 20.0 Å². The van der Waals surface area contributed by atoms with E-state index in [1.807, 2.05) is 0 Å². The predicted octanol–water partition coefficient (Wildman–Crippen LogP) is 1.25. The highest BCUT2D eigenvalue weighted by Gasteiger charge is 2.21. The molecule has 0 saturated heterocycles. The number of nitrogen functional groups attached to an aromatic ring is 1. The number of ketones is 1. The zero-order valence-corrected chi connectivity index (χ0v) is 11.0. The van der Waals surface area contributed by atoms with Gasteiger partial charge < -0.3 is 15.2 Å². The minimum atomic E-state index is -0.239. The van der Waals surface area contributed by atoms with Crippen LogP contribution in [0.15, 0.2) is 24.4 Å². The normalized spacial score (nSPS) is 10.3. The lowest BCUT2D eigenvalue weighted by Gasteiger charge is -2.08. The number of nitrogens with two attached hydrogens (primary N) is 1. The molecule has 0 radical (unpaired) electrons. The molecular formula is C13H15N3O3. The summed E-state index contributed by atoms with van der Waals surface area (Å²) in [6.07, 6.45) is 1.49. The fraction of sp³-hybridized carbons (Fsp3) is 0.231. The second-order valence-corrected chi connectivity index (χ2v) is 3.97. The molecule has 0 bridgehead atoms. The van der Waals surface area contributed by atoms with E-state index in [2.05, 4.69) is 5.10 Å². The van der Waals surface area contributed by atoms with Crippen LogP contribution in [0.25, 0.3) is 0 Å². The summed E-state index contributed by atoms with van der Waals surface area (Å²) in [6.45, 7) is 0. The number of carbonyl (C=O) groups is 1. The van der Waals surface area contributed by atoms with Crippen LogP contribution in [0.4, 0.5) is 5.69 Å². The minimum absolute atomic E-state index is 0.239. The first kappa shape index (κ1) is 12.9. The third-order valence-electron chi connectivity index (χ3n) is 2.84. The Morgan fingerprint density at radius 1 is 1.32 bits per heavy atom. The van der Waals surface area contributed by atoms with Crippen LogP contribution in [0.5, 0.6) is 11.5 Å². The maximum Gasteiger partial charge on any atom is 0.216 e. The molecule has 19 heavy (non-hydrogen) atoms. The Morgan fingerprint density at radius 3 is 2.63 bits per heavy atom. The number of hydrogen-bond acceptors (Lipinski definition) is 5. The molecule has 0 saturated carbocycles. The summed E-state index contributed by atoms with van der Waals surface area (Å²) in [7, 11) is 4.71. The van der Waals surface area contributed by atoms with Crippen molar-refractivity contribution in [3.05, 3.63) is 35.7 Å². The molecule has 1 aromatic heterocycles. The Kier molecular flexibility index (Phi) is 3.41. The lowest BCUT2D eigenvalue weighted by Crippen LogP contribution is -2.11. The highest BCUT2D eigenvalue weighted by atomic mass is 16.5. The fourth-order valence-corrected chi connectivity index (χ4v) is 1.83. The van der Waals surface area contributed by atoms with E-state index in [4.69, 9.17) is 15.2 Å². The second-order valence-electron chi connectivity index (χ2n) is 3.97. The van der Waals surface area contributed by atoms with E-state index in [0.717, 1.165) is 0 Å². The molecule has 2 aromatic rings. The van der Waals surface area contributed by atoms with Crippen molar-refractivity contribution < 1.29 is 14.3 Å². The number of anilines is 1. The molecule has 1 aromatic carbocycles. The van der Waals surface area contributed by atoms with Gasteiger partial charge in [0.25, 0.3) is 0 Å². The summed E-state index contributed by atoms with van der Waals surface area (Å²) < 4.78 is 11.6. The molecule has 2 rings (SSSR count). The molecule has 0 fully saturated rings. The van der Waals surface area contributed by atoms with E-state index in [9.17, 15) is 4.79 Å². The van der Waals surface area contributed by atoms with Gasteiger partial charge in [-0.2, -0.15) is 5.10 Å². The Morgan fingerprint density at radius 2 is 2.05 bits per heavy atom.